The number of hydrogen-bond donors (Lipinski definition) is 1. The van der Waals surface area contributed by atoms with Gasteiger partial charge in [-0.2, -0.15) is 0 Å². The van der Waals surface area contributed by atoms with E-state index in [1.54, 1.807) is 24.3 Å². The van der Waals surface area contributed by atoms with Crippen LogP contribution in [0, 0.1) is 13.8 Å². The molecule has 90 valence electrons. The fourth-order valence-electron chi connectivity index (χ4n) is 1.71. The van der Waals surface area contributed by atoms with Crippen LogP contribution in [0.2, 0.25) is 0 Å². The molecule has 4 heteroatoms. The van der Waals surface area contributed by atoms with E-state index in [-0.39, 0.29) is 5.91 Å². The van der Waals surface area contributed by atoms with Crippen molar-refractivity contribution in [1.29, 1.82) is 0 Å². The lowest BCUT2D eigenvalue weighted by Crippen LogP contribution is -2.25. The number of aryl methyl sites for hydroxylation is 2. The quantitative estimate of drug-likeness (QED) is 0.905. The van der Waals surface area contributed by atoms with E-state index < -0.39 is 0 Å². The summed E-state index contributed by atoms with van der Waals surface area (Å²) < 4.78 is 5.33. The first-order valence-corrected chi connectivity index (χ1v) is 6.42. The molecule has 1 N–H and O–H groups in total. The maximum Gasteiger partial charge on any atom is 0.254 e. The smallest absolute Gasteiger partial charge is 0.254 e. The van der Waals surface area contributed by atoms with Crippen molar-refractivity contribution in [2.24, 2.45) is 0 Å². The average molecular weight is 249 g/mol. The van der Waals surface area contributed by atoms with Crippen LogP contribution in [0.1, 0.15) is 26.8 Å². The summed E-state index contributed by atoms with van der Waals surface area (Å²) in [7, 11) is 0. The molecule has 0 aliphatic carbocycles. The molecule has 3 nitrogen and oxygen atoms in total. The summed E-state index contributed by atoms with van der Waals surface area (Å²) in [5.41, 5.74) is 0.633. The molecule has 0 saturated heterocycles. The topological polar surface area (TPSA) is 42.2 Å². The molecule has 0 spiro atoms. The molecule has 0 aromatic carbocycles. The minimum atomic E-state index is -0.0593. The molecule has 0 bridgehead atoms. The molecule has 0 saturated carbocycles. The van der Waals surface area contributed by atoms with Gasteiger partial charge in [-0.25, -0.2) is 0 Å². The van der Waals surface area contributed by atoms with Gasteiger partial charge in [0.1, 0.15) is 11.5 Å². The summed E-state index contributed by atoms with van der Waals surface area (Å²) in [6.07, 6.45) is 0.874. The Morgan fingerprint density at radius 2 is 2.29 bits per heavy atom. The Kier molecular flexibility index (Phi) is 3.64. The molecule has 2 heterocycles. The first kappa shape index (κ1) is 11.9. The molecule has 0 radical (unpaired) electrons. The Bertz CT molecular complexity index is 499. The first-order chi connectivity index (χ1) is 8.16. The van der Waals surface area contributed by atoms with Gasteiger partial charge in [-0.3, -0.25) is 4.79 Å². The van der Waals surface area contributed by atoms with E-state index in [4.69, 9.17) is 4.42 Å². The van der Waals surface area contributed by atoms with Gasteiger partial charge in [0.15, 0.2) is 0 Å². The Morgan fingerprint density at radius 1 is 1.47 bits per heavy atom. The lowest BCUT2D eigenvalue weighted by molar-refractivity contribution is 0.0952. The molecule has 1 amide bonds. The van der Waals surface area contributed by atoms with Crippen LogP contribution < -0.4 is 5.32 Å². The second-order valence-corrected chi connectivity index (χ2v) is 4.94. The summed E-state index contributed by atoms with van der Waals surface area (Å²) >= 11 is 1.71. The van der Waals surface area contributed by atoms with Crippen LogP contribution in [0.15, 0.2) is 28.0 Å². The van der Waals surface area contributed by atoms with Crippen LogP contribution in [0.3, 0.4) is 0 Å². The zero-order valence-corrected chi connectivity index (χ0v) is 10.8. The van der Waals surface area contributed by atoms with Gasteiger partial charge in [-0.05, 0) is 37.8 Å². The third-order valence-corrected chi connectivity index (χ3v) is 3.46. The standard InChI is InChI=1S/C13H15NO2S/c1-9-8-12(10(2)16-9)13(15)14-6-5-11-4-3-7-17-11/h3-4,7-8H,5-6H2,1-2H3,(H,14,15). The number of hydrogen-bond acceptors (Lipinski definition) is 3. The average Bonchev–Trinajstić information content (AvgIpc) is 2.88. The van der Waals surface area contributed by atoms with Gasteiger partial charge in [0, 0.05) is 11.4 Å². The van der Waals surface area contributed by atoms with E-state index in [9.17, 15) is 4.79 Å². The number of carbonyl (C=O) groups is 1. The predicted molar refractivity (Wildman–Crippen MR) is 68.5 cm³/mol. The van der Waals surface area contributed by atoms with Gasteiger partial charge in [0.25, 0.3) is 5.91 Å². The zero-order chi connectivity index (χ0) is 12.3. The third kappa shape index (κ3) is 2.97. The lowest BCUT2D eigenvalue weighted by atomic mass is 10.2. The Balaban J connectivity index is 1.87. The maximum atomic E-state index is 11.8. The second-order valence-electron chi connectivity index (χ2n) is 3.91. The van der Waals surface area contributed by atoms with E-state index in [0.717, 1.165) is 12.2 Å². The summed E-state index contributed by atoms with van der Waals surface area (Å²) in [6, 6.07) is 5.87. The van der Waals surface area contributed by atoms with Crippen LogP contribution in [-0.4, -0.2) is 12.5 Å². The highest BCUT2D eigenvalue weighted by Crippen LogP contribution is 2.13. The molecule has 2 aromatic rings. The van der Waals surface area contributed by atoms with Gasteiger partial charge < -0.3 is 9.73 Å². The summed E-state index contributed by atoms with van der Waals surface area (Å²) in [5, 5.41) is 4.94. The predicted octanol–water partition coefficient (Wildman–Crippen LogP) is 2.93. The van der Waals surface area contributed by atoms with Crippen LogP contribution in [0.25, 0.3) is 0 Å². The maximum absolute atomic E-state index is 11.8. The lowest BCUT2D eigenvalue weighted by Gasteiger charge is -2.02. The van der Waals surface area contributed by atoms with Crippen LogP contribution in [0.4, 0.5) is 0 Å². The second kappa shape index (κ2) is 5.19. The number of amides is 1. The van der Waals surface area contributed by atoms with E-state index in [1.165, 1.54) is 4.88 Å². The Morgan fingerprint density at radius 3 is 2.88 bits per heavy atom. The number of carbonyl (C=O) groups excluding carboxylic acids is 1. The normalized spacial score (nSPS) is 10.5. The fourth-order valence-corrected chi connectivity index (χ4v) is 2.41. The summed E-state index contributed by atoms with van der Waals surface area (Å²) in [6.45, 7) is 4.31. The Labute approximate surface area is 104 Å². The molecule has 0 aliphatic rings. The number of thiophene rings is 1. The molecule has 0 fully saturated rings. The first-order valence-electron chi connectivity index (χ1n) is 5.54. The molecule has 2 rings (SSSR count). The van der Waals surface area contributed by atoms with Gasteiger partial charge in [0.05, 0.1) is 5.56 Å². The van der Waals surface area contributed by atoms with Gasteiger partial charge in [-0.15, -0.1) is 11.3 Å². The van der Waals surface area contributed by atoms with Crippen molar-refractivity contribution in [1.82, 2.24) is 5.32 Å². The molecular weight excluding hydrogens is 234 g/mol. The number of nitrogens with one attached hydrogen (secondary N) is 1. The van der Waals surface area contributed by atoms with Crippen molar-refractivity contribution in [2.45, 2.75) is 20.3 Å². The van der Waals surface area contributed by atoms with Crippen molar-refractivity contribution in [3.05, 3.63) is 45.5 Å². The van der Waals surface area contributed by atoms with Crippen molar-refractivity contribution >= 4 is 17.2 Å². The third-order valence-electron chi connectivity index (χ3n) is 2.52. The minimum absolute atomic E-state index is 0.0593. The molecule has 2 aromatic heterocycles. The van der Waals surface area contributed by atoms with E-state index in [1.807, 2.05) is 18.4 Å². The van der Waals surface area contributed by atoms with Crippen LogP contribution >= 0.6 is 11.3 Å². The minimum Gasteiger partial charge on any atom is -0.466 e. The highest BCUT2D eigenvalue weighted by Gasteiger charge is 2.12. The van der Waals surface area contributed by atoms with Crippen LogP contribution in [-0.2, 0) is 6.42 Å². The van der Waals surface area contributed by atoms with E-state index >= 15 is 0 Å². The molecule has 17 heavy (non-hydrogen) atoms. The molecule has 0 aliphatic heterocycles. The monoisotopic (exact) mass is 249 g/mol. The van der Waals surface area contributed by atoms with Crippen molar-refractivity contribution < 1.29 is 9.21 Å². The van der Waals surface area contributed by atoms with Crippen molar-refractivity contribution in [3.63, 3.8) is 0 Å². The van der Waals surface area contributed by atoms with Gasteiger partial charge in [0.2, 0.25) is 0 Å². The molecular formula is C13H15NO2S. The van der Waals surface area contributed by atoms with Crippen LogP contribution in [0.5, 0.6) is 0 Å². The van der Waals surface area contributed by atoms with Crippen molar-refractivity contribution in [3.8, 4) is 0 Å². The summed E-state index contributed by atoms with van der Waals surface area (Å²) in [5.74, 6) is 1.39. The highest BCUT2D eigenvalue weighted by molar-refractivity contribution is 7.09. The van der Waals surface area contributed by atoms with E-state index in [2.05, 4.69) is 11.4 Å². The number of furan rings is 1. The number of rotatable bonds is 4. The highest BCUT2D eigenvalue weighted by atomic mass is 32.1. The van der Waals surface area contributed by atoms with Gasteiger partial charge >= 0.3 is 0 Å². The Hall–Kier alpha value is -1.55. The molecule has 0 unspecified atom stereocenters. The SMILES string of the molecule is Cc1cc(C(=O)NCCc2cccs2)c(C)o1. The fraction of sp³-hybridized carbons (Fsp3) is 0.308. The summed E-state index contributed by atoms with van der Waals surface area (Å²) in [4.78, 5) is 13.1. The molecule has 0 atom stereocenters. The zero-order valence-electron chi connectivity index (χ0n) is 9.95. The largest absolute Gasteiger partial charge is 0.466 e. The van der Waals surface area contributed by atoms with Gasteiger partial charge in [-0.1, -0.05) is 6.07 Å². The van der Waals surface area contributed by atoms with Crippen molar-refractivity contribution in [2.75, 3.05) is 6.54 Å². The van der Waals surface area contributed by atoms with E-state index in [0.29, 0.717) is 17.9 Å².